The SMILES string of the molecule is C=COC.[Ca]. The van der Waals surface area contributed by atoms with Crippen molar-refractivity contribution in [2.45, 2.75) is 0 Å². The summed E-state index contributed by atoms with van der Waals surface area (Å²) >= 11 is 0. The van der Waals surface area contributed by atoms with Crippen molar-refractivity contribution in [2.24, 2.45) is 0 Å². The van der Waals surface area contributed by atoms with Gasteiger partial charge < -0.3 is 4.74 Å². The van der Waals surface area contributed by atoms with Gasteiger partial charge in [0.05, 0.1) is 13.4 Å². The average Bonchev–Trinajstić information content (AvgIpc) is 1.37. The average molecular weight is 98.2 g/mol. The summed E-state index contributed by atoms with van der Waals surface area (Å²) in [4.78, 5) is 0. The number of rotatable bonds is 1. The monoisotopic (exact) mass is 98.0 g/mol. The van der Waals surface area contributed by atoms with Crippen LogP contribution in [0.25, 0.3) is 0 Å². The van der Waals surface area contributed by atoms with E-state index in [-0.39, 0.29) is 37.7 Å². The molecule has 26 valence electrons. The molecule has 1 nitrogen and oxygen atoms in total. The predicted molar refractivity (Wildman–Crippen MR) is 23.0 cm³/mol. The first kappa shape index (κ1) is 9.25. The Labute approximate surface area is 62.0 Å². The molecule has 0 saturated heterocycles. The molecule has 0 aliphatic heterocycles. The second-order valence-electron chi connectivity index (χ2n) is 0.402. The van der Waals surface area contributed by atoms with Crippen LogP contribution in [0.15, 0.2) is 12.8 Å². The van der Waals surface area contributed by atoms with E-state index in [1.807, 2.05) is 0 Å². The Balaban J connectivity index is 0. The Morgan fingerprint density at radius 3 is 2.00 bits per heavy atom. The van der Waals surface area contributed by atoms with Crippen LogP contribution in [0.2, 0.25) is 0 Å². The molecule has 0 rings (SSSR count). The first-order valence-electron chi connectivity index (χ1n) is 1.05. The van der Waals surface area contributed by atoms with E-state index >= 15 is 0 Å². The Kier molecular flexibility index (Phi) is 16.4. The van der Waals surface area contributed by atoms with Crippen LogP contribution < -0.4 is 0 Å². The van der Waals surface area contributed by atoms with Crippen molar-refractivity contribution in [3.05, 3.63) is 12.8 Å². The van der Waals surface area contributed by atoms with E-state index in [4.69, 9.17) is 0 Å². The third-order valence-corrected chi connectivity index (χ3v) is 0.167. The molecule has 0 aromatic carbocycles. The molecule has 0 atom stereocenters. The van der Waals surface area contributed by atoms with Crippen molar-refractivity contribution in [3.63, 3.8) is 0 Å². The first-order chi connectivity index (χ1) is 1.91. The van der Waals surface area contributed by atoms with Crippen molar-refractivity contribution >= 4 is 37.7 Å². The van der Waals surface area contributed by atoms with Crippen LogP contribution in [0.4, 0.5) is 0 Å². The molecular weight excluding hydrogens is 92.1 g/mol. The van der Waals surface area contributed by atoms with E-state index in [1.165, 1.54) is 6.26 Å². The summed E-state index contributed by atoms with van der Waals surface area (Å²) in [6, 6.07) is 0. The number of methoxy groups -OCH3 is 1. The summed E-state index contributed by atoms with van der Waals surface area (Å²) in [5, 5.41) is 0. The zero-order valence-corrected chi connectivity index (χ0v) is 5.61. The van der Waals surface area contributed by atoms with Crippen molar-refractivity contribution in [3.8, 4) is 0 Å². The van der Waals surface area contributed by atoms with Crippen LogP contribution in [0.1, 0.15) is 0 Å². The Bertz CT molecular complexity index is 20.9. The normalized spacial score (nSPS) is 4.20. The Morgan fingerprint density at radius 1 is 1.80 bits per heavy atom. The van der Waals surface area contributed by atoms with E-state index in [0.29, 0.717) is 0 Å². The molecule has 0 aromatic heterocycles. The van der Waals surface area contributed by atoms with Crippen LogP contribution in [0.3, 0.4) is 0 Å². The molecular formula is C3H6CaO. The Morgan fingerprint density at radius 2 is 2.00 bits per heavy atom. The summed E-state index contributed by atoms with van der Waals surface area (Å²) in [6.45, 7) is 3.26. The van der Waals surface area contributed by atoms with Gasteiger partial charge in [0, 0.05) is 37.7 Å². The largest absolute Gasteiger partial charge is 0.505 e. The van der Waals surface area contributed by atoms with Gasteiger partial charge in [-0.1, -0.05) is 6.58 Å². The minimum absolute atomic E-state index is 0. The molecule has 5 heavy (non-hydrogen) atoms. The van der Waals surface area contributed by atoms with Gasteiger partial charge in [-0.2, -0.15) is 0 Å². The van der Waals surface area contributed by atoms with Crippen molar-refractivity contribution < 1.29 is 4.74 Å². The summed E-state index contributed by atoms with van der Waals surface area (Å²) in [6.07, 6.45) is 1.38. The number of ether oxygens (including phenoxy) is 1. The van der Waals surface area contributed by atoms with E-state index in [2.05, 4.69) is 11.3 Å². The van der Waals surface area contributed by atoms with E-state index < -0.39 is 0 Å². The second kappa shape index (κ2) is 8.84. The third kappa shape index (κ3) is 11.6. The molecule has 2 heteroatoms. The third-order valence-electron chi connectivity index (χ3n) is 0.167. The van der Waals surface area contributed by atoms with Gasteiger partial charge in [-0.05, 0) is 0 Å². The number of hydrogen-bond donors (Lipinski definition) is 0. The summed E-state index contributed by atoms with van der Waals surface area (Å²) in [5.74, 6) is 0. The summed E-state index contributed by atoms with van der Waals surface area (Å²) in [7, 11) is 1.56. The van der Waals surface area contributed by atoms with Gasteiger partial charge in [0.2, 0.25) is 0 Å². The molecule has 0 fully saturated rings. The second-order valence-corrected chi connectivity index (χ2v) is 0.402. The molecule has 0 heterocycles. The van der Waals surface area contributed by atoms with E-state index in [1.54, 1.807) is 7.11 Å². The van der Waals surface area contributed by atoms with Gasteiger partial charge >= 0.3 is 0 Å². The molecule has 0 spiro atoms. The van der Waals surface area contributed by atoms with Gasteiger partial charge in [-0.3, -0.25) is 0 Å². The molecule has 0 amide bonds. The quantitative estimate of drug-likeness (QED) is 0.340. The predicted octanol–water partition coefficient (Wildman–Crippen LogP) is 0.395. The van der Waals surface area contributed by atoms with Gasteiger partial charge in [0.1, 0.15) is 0 Å². The fraction of sp³-hybridized carbons (Fsp3) is 0.333. The van der Waals surface area contributed by atoms with Gasteiger partial charge in [0.25, 0.3) is 0 Å². The van der Waals surface area contributed by atoms with Crippen LogP contribution in [0.5, 0.6) is 0 Å². The smallest absolute Gasteiger partial charge is 0.0766 e. The van der Waals surface area contributed by atoms with Crippen LogP contribution in [-0.2, 0) is 4.74 Å². The maximum Gasteiger partial charge on any atom is 0.0766 e. The van der Waals surface area contributed by atoms with E-state index in [0.717, 1.165) is 0 Å². The summed E-state index contributed by atoms with van der Waals surface area (Å²) in [5.41, 5.74) is 0. The van der Waals surface area contributed by atoms with Gasteiger partial charge in [0.15, 0.2) is 0 Å². The van der Waals surface area contributed by atoms with Crippen molar-refractivity contribution in [1.82, 2.24) is 0 Å². The van der Waals surface area contributed by atoms with Crippen molar-refractivity contribution in [2.75, 3.05) is 7.11 Å². The molecule has 0 aliphatic rings. The van der Waals surface area contributed by atoms with Crippen LogP contribution in [-0.4, -0.2) is 44.8 Å². The zero-order chi connectivity index (χ0) is 3.41. The molecule has 0 aromatic rings. The number of hydrogen-bond acceptors (Lipinski definition) is 1. The molecule has 0 saturated carbocycles. The molecule has 0 bridgehead atoms. The minimum atomic E-state index is 0. The molecule has 0 N–H and O–H groups in total. The van der Waals surface area contributed by atoms with Crippen LogP contribution >= 0.6 is 0 Å². The van der Waals surface area contributed by atoms with Gasteiger partial charge in [-0.25, -0.2) is 0 Å². The first-order valence-corrected chi connectivity index (χ1v) is 1.05. The fourth-order valence-corrected chi connectivity index (χ4v) is 0. The molecule has 0 aliphatic carbocycles. The fourth-order valence-electron chi connectivity index (χ4n) is 0. The minimum Gasteiger partial charge on any atom is -0.505 e. The van der Waals surface area contributed by atoms with Crippen LogP contribution in [0, 0.1) is 0 Å². The summed E-state index contributed by atoms with van der Waals surface area (Å²) < 4.78 is 4.31. The zero-order valence-electron chi connectivity index (χ0n) is 3.40. The van der Waals surface area contributed by atoms with Crippen molar-refractivity contribution in [1.29, 1.82) is 0 Å². The maximum absolute atomic E-state index is 4.31. The topological polar surface area (TPSA) is 9.23 Å². The molecule has 0 unspecified atom stereocenters. The molecule has 2 radical (unpaired) electrons. The Hall–Kier alpha value is 0.800. The van der Waals surface area contributed by atoms with E-state index in [9.17, 15) is 0 Å². The standard InChI is InChI=1S/C3H6O.Ca/c1-3-4-2;/h3H,1H2,2H3;. The maximum atomic E-state index is 4.31. The van der Waals surface area contributed by atoms with Gasteiger partial charge in [-0.15, -0.1) is 0 Å².